The van der Waals surface area contributed by atoms with E-state index in [-0.39, 0.29) is 6.10 Å². The molecule has 1 aromatic heterocycles. The number of nitriles is 1. The molecule has 0 aliphatic carbocycles. The highest BCUT2D eigenvalue weighted by Gasteiger charge is 2.32. The van der Waals surface area contributed by atoms with Crippen LogP contribution in [-0.4, -0.2) is 30.0 Å². The Labute approximate surface area is 123 Å². The Hall–Kier alpha value is -2.16. The van der Waals surface area contributed by atoms with Gasteiger partial charge in [0.15, 0.2) is 5.79 Å². The van der Waals surface area contributed by atoms with Crippen LogP contribution in [0.5, 0.6) is 0 Å². The Bertz CT molecular complexity index is 706. The molecule has 1 N–H and O–H groups in total. The van der Waals surface area contributed by atoms with Gasteiger partial charge in [0, 0.05) is 11.9 Å². The quantitative estimate of drug-likeness (QED) is 0.938. The van der Waals surface area contributed by atoms with E-state index < -0.39 is 5.79 Å². The molecule has 1 atom stereocenters. The fourth-order valence-corrected chi connectivity index (χ4v) is 2.44. The van der Waals surface area contributed by atoms with Crippen LogP contribution in [0.15, 0.2) is 30.3 Å². The predicted octanol–water partition coefficient (Wildman–Crippen LogP) is 2.67. The molecule has 1 aromatic carbocycles. The number of anilines is 1. The Morgan fingerprint density at radius 3 is 2.95 bits per heavy atom. The number of benzene rings is 1. The minimum atomic E-state index is -0.527. The second kappa shape index (κ2) is 5.32. The zero-order valence-corrected chi connectivity index (χ0v) is 12.1. The van der Waals surface area contributed by atoms with Crippen molar-refractivity contribution < 1.29 is 9.47 Å². The molecule has 0 bridgehead atoms. The third kappa shape index (κ3) is 2.97. The molecular formula is C16H17N3O2. The lowest BCUT2D eigenvalue weighted by Crippen LogP contribution is -2.26. The van der Waals surface area contributed by atoms with Gasteiger partial charge in [0.1, 0.15) is 11.9 Å². The van der Waals surface area contributed by atoms with Crippen molar-refractivity contribution >= 4 is 16.7 Å². The summed E-state index contributed by atoms with van der Waals surface area (Å²) in [5, 5.41) is 13.3. The molecule has 2 heterocycles. The van der Waals surface area contributed by atoms with Crippen molar-refractivity contribution in [2.75, 3.05) is 18.5 Å². The summed E-state index contributed by atoms with van der Waals surface area (Å²) < 4.78 is 11.3. The van der Waals surface area contributed by atoms with Gasteiger partial charge in [-0.3, -0.25) is 0 Å². The molecule has 1 aliphatic heterocycles. The molecule has 5 heteroatoms. The smallest absolute Gasteiger partial charge is 0.163 e. The van der Waals surface area contributed by atoms with Gasteiger partial charge >= 0.3 is 0 Å². The zero-order valence-electron chi connectivity index (χ0n) is 12.1. The molecule has 0 amide bonds. The molecule has 0 radical (unpaired) electrons. The third-order valence-electron chi connectivity index (χ3n) is 3.41. The Kier molecular flexibility index (Phi) is 3.50. The first-order chi connectivity index (χ1) is 10.1. The minimum Gasteiger partial charge on any atom is -0.367 e. The summed E-state index contributed by atoms with van der Waals surface area (Å²) in [6.45, 7) is 4.95. The van der Waals surface area contributed by atoms with Crippen LogP contribution in [0, 0.1) is 11.3 Å². The van der Waals surface area contributed by atoms with Crippen molar-refractivity contribution in [3.63, 3.8) is 0 Å². The van der Waals surface area contributed by atoms with Crippen LogP contribution in [-0.2, 0) is 9.47 Å². The van der Waals surface area contributed by atoms with Crippen molar-refractivity contribution in [1.29, 1.82) is 5.26 Å². The highest BCUT2D eigenvalue weighted by molar-refractivity contribution is 5.86. The number of ether oxygens (including phenoxy) is 2. The van der Waals surface area contributed by atoms with E-state index in [9.17, 15) is 5.26 Å². The maximum Gasteiger partial charge on any atom is 0.163 e. The highest BCUT2D eigenvalue weighted by Crippen LogP contribution is 2.23. The normalized spacial score (nSPS) is 20.3. The fourth-order valence-electron chi connectivity index (χ4n) is 2.44. The Morgan fingerprint density at radius 1 is 1.43 bits per heavy atom. The first kappa shape index (κ1) is 13.8. The lowest BCUT2D eigenvalue weighted by molar-refractivity contribution is -0.136. The van der Waals surface area contributed by atoms with Gasteiger partial charge in [-0.05, 0) is 26.0 Å². The van der Waals surface area contributed by atoms with E-state index in [4.69, 9.17) is 9.47 Å². The largest absolute Gasteiger partial charge is 0.367 e. The maximum atomic E-state index is 9.26. The fraction of sp³-hybridized carbons (Fsp3) is 0.375. The minimum absolute atomic E-state index is 0.0150. The molecule has 1 fully saturated rings. The van der Waals surface area contributed by atoms with Crippen LogP contribution in [0.1, 0.15) is 19.4 Å². The summed E-state index contributed by atoms with van der Waals surface area (Å²) >= 11 is 0. The summed E-state index contributed by atoms with van der Waals surface area (Å²) in [7, 11) is 0. The van der Waals surface area contributed by atoms with Gasteiger partial charge in [-0.15, -0.1) is 0 Å². The van der Waals surface area contributed by atoms with Gasteiger partial charge in [-0.1, -0.05) is 18.2 Å². The number of nitrogens with one attached hydrogen (secondary N) is 1. The van der Waals surface area contributed by atoms with E-state index in [1.54, 1.807) is 6.07 Å². The number of pyridine rings is 1. The monoisotopic (exact) mass is 283 g/mol. The van der Waals surface area contributed by atoms with Gasteiger partial charge in [0.2, 0.25) is 0 Å². The van der Waals surface area contributed by atoms with E-state index in [1.807, 2.05) is 38.1 Å². The Balaban J connectivity index is 1.77. The number of aromatic nitrogens is 1. The number of hydrogen-bond acceptors (Lipinski definition) is 5. The number of fused-ring (bicyclic) bond motifs is 1. The first-order valence-corrected chi connectivity index (χ1v) is 6.93. The molecule has 21 heavy (non-hydrogen) atoms. The van der Waals surface area contributed by atoms with Crippen LogP contribution in [0.2, 0.25) is 0 Å². The van der Waals surface area contributed by atoms with Gasteiger partial charge in [0.25, 0.3) is 0 Å². The number of para-hydroxylation sites is 1. The van der Waals surface area contributed by atoms with Crippen LogP contribution in [0.3, 0.4) is 0 Å². The summed E-state index contributed by atoms with van der Waals surface area (Å²) in [6, 6.07) is 11.6. The van der Waals surface area contributed by atoms with Crippen molar-refractivity contribution in [3.8, 4) is 6.07 Å². The predicted molar refractivity (Wildman–Crippen MR) is 79.9 cm³/mol. The second-order valence-corrected chi connectivity index (χ2v) is 5.52. The zero-order chi connectivity index (χ0) is 14.9. The molecule has 0 spiro atoms. The van der Waals surface area contributed by atoms with E-state index in [0.717, 1.165) is 10.9 Å². The van der Waals surface area contributed by atoms with Gasteiger partial charge in [0.05, 0.1) is 23.8 Å². The second-order valence-electron chi connectivity index (χ2n) is 5.52. The van der Waals surface area contributed by atoms with Gasteiger partial charge in [-0.2, -0.15) is 5.26 Å². The van der Waals surface area contributed by atoms with E-state index in [2.05, 4.69) is 16.4 Å². The van der Waals surface area contributed by atoms with Crippen molar-refractivity contribution in [1.82, 2.24) is 4.98 Å². The first-order valence-electron chi connectivity index (χ1n) is 6.93. The number of rotatable bonds is 3. The maximum absolute atomic E-state index is 9.26. The number of hydrogen-bond donors (Lipinski definition) is 1. The van der Waals surface area contributed by atoms with Gasteiger partial charge in [-0.25, -0.2) is 4.98 Å². The molecule has 1 unspecified atom stereocenters. The molecule has 5 nitrogen and oxygen atoms in total. The van der Waals surface area contributed by atoms with Gasteiger partial charge < -0.3 is 14.8 Å². The van der Waals surface area contributed by atoms with E-state index >= 15 is 0 Å². The standard InChI is InChI=1S/C16H17N3O2/c1-16(2)20-10-12(21-16)9-18-15-7-11(8-17)13-5-3-4-6-14(13)19-15/h3-7,12H,9-10H2,1-2H3,(H,18,19). The molecule has 3 rings (SSSR count). The Morgan fingerprint density at radius 2 is 2.24 bits per heavy atom. The van der Waals surface area contributed by atoms with Crippen molar-refractivity contribution in [2.45, 2.75) is 25.7 Å². The third-order valence-corrected chi connectivity index (χ3v) is 3.41. The lowest BCUT2D eigenvalue weighted by atomic mass is 10.1. The average molecular weight is 283 g/mol. The molecule has 0 saturated carbocycles. The summed E-state index contributed by atoms with van der Waals surface area (Å²) in [4.78, 5) is 4.52. The van der Waals surface area contributed by atoms with E-state index in [1.165, 1.54) is 0 Å². The van der Waals surface area contributed by atoms with Crippen molar-refractivity contribution in [2.24, 2.45) is 0 Å². The SMILES string of the molecule is CC1(C)OCC(CNc2cc(C#N)c3ccccc3n2)O1. The molecule has 108 valence electrons. The van der Waals surface area contributed by atoms with Crippen molar-refractivity contribution in [3.05, 3.63) is 35.9 Å². The van der Waals surface area contributed by atoms with Crippen LogP contribution < -0.4 is 5.32 Å². The average Bonchev–Trinajstić information content (AvgIpc) is 2.83. The summed E-state index contributed by atoms with van der Waals surface area (Å²) in [5.41, 5.74) is 1.43. The lowest BCUT2D eigenvalue weighted by Gasteiger charge is -2.17. The van der Waals surface area contributed by atoms with Crippen LogP contribution in [0.4, 0.5) is 5.82 Å². The topological polar surface area (TPSA) is 67.2 Å². The number of nitrogens with zero attached hydrogens (tertiary/aromatic N) is 2. The summed E-state index contributed by atoms with van der Waals surface area (Å²) in [5.74, 6) is 0.152. The highest BCUT2D eigenvalue weighted by atomic mass is 16.7. The summed E-state index contributed by atoms with van der Waals surface area (Å²) in [6.07, 6.45) is -0.0150. The van der Waals surface area contributed by atoms with Crippen LogP contribution >= 0.6 is 0 Å². The molecule has 1 aliphatic rings. The molecule has 2 aromatic rings. The molecule has 1 saturated heterocycles. The molecular weight excluding hydrogens is 266 g/mol. The van der Waals surface area contributed by atoms with E-state index in [0.29, 0.717) is 24.5 Å². The van der Waals surface area contributed by atoms with Crippen LogP contribution in [0.25, 0.3) is 10.9 Å².